The molecule has 2 heterocycles. The minimum atomic E-state index is -1.05. The SMILES string of the molecule is Cc1ccc(C(=O)NC(C)c2nc(C)c(C(=O)O)s2)c(=O)[nH]1. The van der Waals surface area contributed by atoms with Gasteiger partial charge in [-0.25, -0.2) is 9.78 Å². The van der Waals surface area contributed by atoms with Crippen LogP contribution in [-0.2, 0) is 0 Å². The molecule has 116 valence electrons. The molecule has 0 aliphatic carbocycles. The maximum Gasteiger partial charge on any atom is 0.347 e. The summed E-state index contributed by atoms with van der Waals surface area (Å²) < 4.78 is 0. The first-order valence-corrected chi connectivity index (χ1v) is 7.32. The number of aryl methyl sites for hydroxylation is 2. The van der Waals surface area contributed by atoms with Crippen LogP contribution in [0.4, 0.5) is 0 Å². The number of carbonyl (C=O) groups excluding carboxylic acids is 1. The van der Waals surface area contributed by atoms with Crippen molar-refractivity contribution in [2.45, 2.75) is 26.8 Å². The van der Waals surface area contributed by atoms with Crippen LogP contribution in [0.3, 0.4) is 0 Å². The number of nitrogens with one attached hydrogen (secondary N) is 2. The predicted octanol–water partition coefficient (Wildman–Crippen LogP) is 1.64. The fourth-order valence-corrected chi connectivity index (χ4v) is 2.80. The highest BCUT2D eigenvalue weighted by atomic mass is 32.1. The number of carboxylic acid groups (broad SMARTS) is 1. The van der Waals surface area contributed by atoms with Gasteiger partial charge in [-0.15, -0.1) is 11.3 Å². The third-order valence-corrected chi connectivity index (χ3v) is 4.35. The molecule has 0 aromatic carbocycles. The van der Waals surface area contributed by atoms with Gasteiger partial charge in [0, 0.05) is 5.69 Å². The molecular weight excluding hydrogens is 306 g/mol. The zero-order chi connectivity index (χ0) is 16.4. The van der Waals surface area contributed by atoms with E-state index in [-0.39, 0.29) is 10.4 Å². The van der Waals surface area contributed by atoms with Crippen molar-refractivity contribution >= 4 is 23.2 Å². The Hall–Kier alpha value is -2.48. The molecule has 8 heteroatoms. The van der Waals surface area contributed by atoms with E-state index in [2.05, 4.69) is 15.3 Å². The first-order valence-electron chi connectivity index (χ1n) is 6.51. The van der Waals surface area contributed by atoms with Crippen molar-refractivity contribution in [3.63, 3.8) is 0 Å². The molecular formula is C14H15N3O4S. The van der Waals surface area contributed by atoms with Gasteiger partial charge in [0.1, 0.15) is 15.4 Å². The summed E-state index contributed by atoms with van der Waals surface area (Å²) in [4.78, 5) is 41.7. The minimum absolute atomic E-state index is 0.00388. The average Bonchev–Trinajstić information content (AvgIpc) is 2.80. The third-order valence-electron chi connectivity index (χ3n) is 3.03. The highest BCUT2D eigenvalue weighted by Gasteiger charge is 2.20. The molecule has 0 saturated heterocycles. The lowest BCUT2D eigenvalue weighted by Crippen LogP contribution is -2.31. The van der Waals surface area contributed by atoms with Crippen LogP contribution in [-0.4, -0.2) is 27.0 Å². The van der Waals surface area contributed by atoms with Gasteiger partial charge in [-0.2, -0.15) is 0 Å². The number of amides is 1. The maximum absolute atomic E-state index is 12.1. The second-order valence-corrected chi connectivity index (χ2v) is 5.88. The van der Waals surface area contributed by atoms with E-state index in [1.165, 1.54) is 6.07 Å². The number of carbonyl (C=O) groups is 2. The molecule has 0 aliphatic heterocycles. The van der Waals surface area contributed by atoms with Gasteiger partial charge in [0.25, 0.3) is 11.5 Å². The lowest BCUT2D eigenvalue weighted by molar-refractivity contribution is 0.0701. The summed E-state index contributed by atoms with van der Waals surface area (Å²) in [5, 5.41) is 12.1. The highest BCUT2D eigenvalue weighted by molar-refractivity contribution is 7.13. The van der Waals surface area contributed by atoms with Crippen LogP contribution in [0.2, 0.25) is 0 Å². The summed E-state index contributed by atoms with van der Waals surface area (Å²) in [5.74, 6) is -1.58. The number of aromatic nitrogens is 2. The fraction of sp³-hybridized carbons (Fsp3) is 0.286. The van der Waals surface area contributed by atoms with E-state index >= 15 is 0 Å². The van der Waals surface area contributed by atoms with Crippen molar-refractivity contribution in [1.29, 1.82) is 0 Å². The Morgan fingerprint density at radius 1 is 1.36 bits per heavy atom. The fourth-order valence-electron chi connectivity index (χ4n) is 1.89. The average molecular weight is 321 g/mol. The number of rotatable bonds is 4. The summed E-state index contributed by atoms with van der Waals surface area (Å²) >= 11 is 1.01. The number of carboxylic acids is 1. The predicted molar refractivity (Wildman–Crippen MR) is 81.5 cm³/mol. The van der Waals surface area contributed by atoms with E-state index in [0.717, 1.165) is 11.3 Å². The molecule has 1 unspecified atom stereocenters. The number of aromatic amines is 1. The summed E-state index contributed by atoms with van der Waals surface area (Å²) in [6.45, 7) is 5.00. The molecule has 1 atom stereocenters. The van der Waals surface area contributed by atoms with E-state index in [1.807, 2.05) is 0 Å². The van der Waals surface area contributed by atoms with Gasteiger partial charge >= 0.3 is 5.97 Å². The van der Waals surface area contributed by atoms with Gasteiger partial charge < -0.3 is 15.4 Å². The monoisotopic (exact) mass is 321 g/mol. The standard InChI is InChI=1S/C14H15N3O4S/c1-6-4-5-9(11(18)15-6)12(19)16-8(3)13-17-7(2)10(22-13)14(20)21/h4-5,8H,1-3H3,(H,15,18)(H,16,19)(H,20,21). The van der Waals surface area contributed by atoms with Crippen molar-refractivity contribution in [2.75, 3.05) is 0 Å². The van der Waals surface area contributed by atoms with Gasteiger partial charge in [0.2, 0.25) is 0 Å². The molecule has 7 nitrogen and oxygen atoms in total. The minimum Gasteiger partial charge on any atom is -0.477 e. The Morgan fingerprint density at radius 3 is 2.59 bits per heavy atom. The first kappa shape index (κ1) is 15.9. The normalized spacial score (nSPS) is 12.0. The largest absolute Gasteiger partial charge is 0.477 e. The summed E-state index contributed by atoms with van der Waals surface area (Å²) in [7, 11) is 0. The van der Waals surface area contributed by atoms with Crippen molar-refractivity contribution in [1.82, 2.24) is 15.3 Å². The zero-order valence-corrected chi connectivity index (χ0v) is 13.1. The number of hydrogen-bond donors (Lipinski definition) is 3. The van der Waals surface area contributed by atoms with Crippen molar-refractivity contribution < 1.29 is 14.7 Å². The molecule has 22 heavy (non-hydrogen) atoms. The lowest BCUT2D eigenvalue weighted by Gasteiger charge is -2.10. The molecule has 2 rings (SSSR count). The van der Waals surface area contributed by atoms with Crippen molar-refractivity contribution in [3.05, 3.63) is 49.3 Å². The van der Waals surface area contributed by atoms with Crippen LogP contribution in [0.25, 0.3) is 0 Å². The van der Waals surface area contributed by atoms with Crippen molar-refractivity contribution in [3.8, 4) is 0 Å². The molecule has 0 bridgehead atoms. The molecule has 1 amide bonds. The third kappa shape index (κ3) is 3.22. The van der Waals surface area contributed by atoms with Gasteiger partial charge in [0.05, 0.1) is 11.7 Å². The van der Waals surface area contributed by atoms with E-state index < -0.39 is 23.5 Å². The van der Waals surface area contributed by atoms with Crippen LogP contribution in [0.1, 0.15) is 49.4 Å². The number of H-pyrrole nitrogens is 1. The quantitative estimate of drug-likeness (QED) is 0.792. The second-order valence-electron chi connectivity index (χ2n) is 4.85. The summed E-state index contributed by atoms with van der Waals surface area (Å²) in [5.41, 5.74) is 0.605. The summed E-state index contributed by atoms with van der Waals surface area (Å²) in [6.07, 6.45) is 0. The molecule has 0 saturated carbocycles. The van der Waals surface area contributed by atoms with Crippen molar-refractivity contribution in [2.24, 2.45) is 0 Å². The summed E-state index contributed by atoms with van der Waals surface area (Å²) in [6, 6.07) is 2.59. The molecule has 0 radical (unpaired) electrons. The van der Waals surface area contributed by atoms with Gasteiger partial charge in [-0.1, -0.05) is 0 Å². The van der Waals surface area contributed by atoms with E-state index in [1.54, 1.807) is 26.8 Å². The number of nitrogens with zero attached hydrogens (tertiary/aromatic N) is 1. The lowest BCUT2D eigenvalue weighted by atomic mass is 10.2. The van der Waals surface area contributed by atoms with E-state index in [4.69, 9.17) is 5.11 Å². The van der Waals surface area contributed by atoms with Crippen LogP contribution < -0.4 is 10.9 Å². The molecule has 0 fully saturated rings. The van der Waals surface area contributed by atoms with Crippen LogP contribution in [0, 0.1) is 13.8 Å². The number of thiazole rings is 1. The second kappa shape index (κ2) is 6.10. The Balaban J connectivity index is 2.19. The van der Waals surface area contributed by atoms with Crippen LogP contribution in [0.15, 0.2) is 16.9 Å². The molecule has 2 aromatic heterocycles. The molecule has 0 spiro atoms. The first-order chi connectivity index (χ1) is 10.3. The Bertz CT molecular complexity index is 794. The Labute approximate surface area is 130 Å². The molecule has 2 aromatic rings. The maximum atomic E-state index is 12.1. The van der Waals surface area contributed by atoms with Crippen LogP contribution in [0.5, 0.6) is 0 Å². The smallest absolute Gasteiger partial charge is 0.347 e. The van der Waals surface area contributed by atoms with Gasteiger partial charge in [-0.3, -0.25) is 9.59 Å². The van der Waals surface area contributed by atoms with Gasteiger partial charge in [-0.05, 0) is 32.9 Å². The molecule has 3 N–H and O–H groups in total. The van der Waals surface area contributed by atoms with Crippen LogP contribution >= 0.6 is 11.3 Å². The van der Waals surface area contributed by atoms with E-state index in [0.29, 0.717) is 16.4 Å². The Morgan fingerprint density at radius 2 is 2.05 bits per heavy atom. The highest BCUT2D eigenvalue weighted by Crippen LogP contribution is 2.23. The topological polar surface area (TPSA) is 112 Å². The zero-order valence-electron chi connectivity index (χ0n) is 12.3. The van der Waals surface area contributed by atoms with E-state index in [9.17, 15) is 14.4 Å². The number of pyridine rings is 1. The molecule has 0 aliphatic rings. The number of hydrogen-bond acceptors (Lipinski definition) is 5. The van der Waals surface area contributed by atoms with Gasteiger partial charge in [0.15, 0.2) is 0 Å². The Kier molecular flexibility index (Phi) is 4.41. The number of aromatic carboxylic acids is 1.